The molecule has 2 fully saturated rings. The smallest absolute Gasteiger partial charge is 0.338 e. The van der Waals surface area contributed by atoms with Crippen LogP contribution in [0.2, 0.25) is 0 Å². The van der Waals surface area contributed by atoms with Crippen molar-refractivity contribution in [1.29, 1.82) is 0 Å². The molecular weight excluding hydrogens is 641 g/mol. The molecule has 0 amide bonds. The molecule has 8 rings (SSSR count). The first-order valence-electron chi connectivity index (χ1n) is 19.7. The molecule has 2 aliphatic rings. The van der Waals surface area contributed by atoms with E-state index >= 15 is 0 Å². The van der Waals surface area contributed by atoms with Crippen LogP contribution < -0.4 is 0 Å². The van der Waals surface area contributed by atoms with E-state index in [0.29, 0.717) is 46.6 Å². The lowest BCUT2D eigenvalue weighted by atomic mass is 9.75. The molecular formula is C48H52O4. The molecule has 0 heterocycles. The number of fused-ring (bicyclic) bond motifs is 9. The second-order valence-electron chi connectivity index (χ2n) is 17.0. The highest BCUT2D eigenvalue weighted by atomic mass is 16.5. The molecule has 6 aromatic rings. The number of carbonyl (C=O) groups is 2. The SMILES string of the molecule is CC(C)[C@@H]1CC[C@@H](C)C[C@H]1OC(=O)c1ccc2ccc3ccc4ccc5ccc6ccc(C(=O)O[C@@H]7C[C@H](C)CC[C@H]7C(C)C)cc6c5c4c3c2c1. The first-order valence-corrected chi connectivity index (χ1v) is 19.7. The molecule has 0 aromatic heterocycles. The monoisotopic (exact) mass is 692 g/mol. The average molecular weight is 693 g/mol. The number of benzene rings is 6. The highest BCUT2D eigenvalue weighted by molar-refractivity contribution is 6.32. The van der Waals surface area contributed by atoms with Crippen LogP contribution >= 0.6 is 0 Å². The van der Waals surface area contributed by atoms with E-state index < -0.39 is 0 Å². The Morgan fingerprint density at radius 3 is 1.23 bits per heavy atom. The molecule has 0 unspecified atom stereocenters. The largest absolute Gasteiger partial charge is 0.458 e. The molecule has 0 saturated heterocycles. The summed E-state index contributed by atoms with van der Waals surface area (Å²) < 4.78 is 12.7. The van der Waals surface area contributed by atoms with Crippen LogP contribution in [0.1, 0.15) is 101 Å². The summed E-state index contributed by atoms with van der Waals surface area (Å²) >= 11 is 0. The molecule has 6 aromatic carbocycles. The maximum absolute atomic E-state index is 13.9. The third-order valence-corrected chi connectivity index (χ3v) is 12.7. The zero-order valence-corrected chi connectivity index (χ0v) is 31.6. The average Bonchev–Trinajstić information content (AvgIpc) is 3.13. The van der Waals surface area contributed by atoms with E-state index in [2.05, 4.69) is 102 Å². The number of esters is 2. The van der Waals surface area contributed by atoms with Gasteiger partial charge in [-0.15, -0.1) is 0 Å². The lowest BCUT2D eigenvalue weighted by molar-refractivity contribution is -0.0181. The summed E-state index contributed by atoms with van der Waals surface area (Å²) in [6, 6.07) is 29.4. The predicted molar refractivity (Wildman–Crippen MR) is 215 cm³/mol. The van der Waals surface area contributed by atoms with E-state index in [4.69, 9.17) is 9.47 Å². The van der Waals surface area contributed by atoms with Gasteiger partial charge in [-0.05, 0) is 139 Å². The summed E-state index contributed by atoms with van der Waals surface area (Å²) in [7, 11) is 0. The van der Waals surface area contributed by atoms with E-state index in [1.54, 1.807) is 0 Å². The molecule has 0 spiro atoms. The highest BCUT2D eigenvalue weighted by Crippen LogP contribution is 2.41. The van der Waals surface area contributed by atoms with Gasteiger partial charge < -0.3 is 9.47 Å². The maximum Gasteiger partial charge on any atom is 0.338 e. The van der Waals surface area contributed by atoms with Crippen LogP contribution in [-0.2, 0) is 9.47 Å². The predicted octanol–water partition coefficient (Wildman–Crippen LogP) is 12.7. The third kappa shape index (κ3) is 6.33. The van der Waals surface area contributed by atoms with Gasteiger partial charge in [-0.25, -0.2) is 9.59 Å². The second-order valence-corrected chi connectivity index (χ2v) is 17.0. The van der Waals surface area contributed by atoms with Crippen LogP contribution in [0.4, 0.5) is 0 Å². The minimum Gasteiger partial charge on any atom is -0.458 e. The van der Waals surface area contributed by atoms with E-state index in [1.165, 1.54) is 12.8 Å². The Labute approximate surface area is 307 Å². The fourth-order valence-corrected chi connectivity index (χ4v) is 9.67. The Morgan fingerprint density at radius 1 is 0.500 bits per heavy atom. The van der Waals surface area contributed by atoms with Gasteiger partial charge in [0, 0.05) is 0 Å². The molecule has 0 aliphatic heterocycles. The third-order valence-electron chi connectivity index (χ3n) is 12.7. The van der Waals surface area contributed by atoms with Gasteiger partial charge in [-0.2, -0.15) is 0 Å². The normalized spacial score (nSPS) is 24.0. The molecule has 2 saturated carbocycles. The van der Waals surface area contributed by atoms with Gasteiger partial charge in [0.05, 0.1) is 11.1 Å². The van der Waals surface area contributed by atoms with E-state index in [0.717, 1.165) is 79.5 Å². The maximum atomic E-state index is 13.9. The van der Waals surface area contributed by atoms with Crippen molar-refractivity contribution >= 4 is 65.8 Å². The van der Waals surface area contributed by atoms with Gasteiger partial charge in [-0.3, -0.25) is 0 Å². The number of hydrogen-bond acceptors (Lipinski definition) is 4. The van der Waals surface area contributed by atoms with Crippen LogP contribution in [0, 0.1) is 35.5 Å². The molecule has 0 radical (unpaired) electrons. The van der Waals surface area contributed by atoms with Gasteiger partial charge in [0.2, 0.25) is 0 Å². The fraction of sp³-hybridized carbons (Fsp3) is 0.417. The van der Waals surface area contributed by atoms with Crippen LogP contribution in [0.5, 0.6) is 0 Å². The number of ether oxygens (including phenoxy) is 2. The number of hydrogen-bond donors (Lipinski definition) is 0. The van der Waals surface area contributed by atoms with Crippen LogP contribution in [0.25, 0.3) is 53.9 Å². The molecule has 4 nitrogen and oxygen atoms in total. The first kappa shape index (κ1) is 34.6. The van der Waals surface area contributed by atoms with Gasteiger partial charge >= 0.3 is 11.9 Å². The standard InChI is InChI=1S/C48H52O4/c1-27(2)38-21-7-29(5)23-42(38)51-47(49)36-19-11-31-9-13-33-15-17-35-18-16-34-14-10-32-12-20-37(26-41(32)45(34)46(35)44(33)40(31)25-36)48(50)52-43-24-30(6)8-22-39(43)28(3)4/h9-20,25-30,38-39,42-43H,7-8,21-24H2,1-6H3/t29-,30-,38+,39+,42-,43-/m1/s1. The van der Waals surface area contributed by atoms with Crippen molar-refractivity contribution in [2.75, 3.05) is 0 Å². The van der Waals surface area contributed by atoms with Gasteiger partial charge in [-0.1, -0.05) is 115 Å². The van der Waals surface area contributed by atoms with Crippen molar-refractivity contribution < 1.29 is 19.1 Å². The van der Waals surface area contributed by atoms with Crippen molar-refractivity contribution in [3.63, 3.8) is 0 Å². The van der Waals surface area contributed by atoms with E-state index in [-0.39, 0.29) is 24.1 Å². The molecule has 6 atom stereocenters. The quantitative estimate of drug-likeness (QED) is 0.129. The van der Waals surface area contributed by atoms with Crippen LogP contribution in [0.3, 0.4) is 0 Å². The molecule has 4 heteroatoms. The number of carbonyl (C=O) groups excluding carboxylic acids is 2. The molecule has 268 valence electrons. The minimum absolute atomic E-state index is 0.0609. The van der Waals surface area contributed by atoms with Gasteiger partial charge in [0.25, 0.3) is 0 Å². The molecule has 0 bridgehead atoms. The second kappa shape index (κ2) is 13.8. The summed E-state index contributed by atoms with van der Waals surface area (Å²) in [5.74, 6) is 2.33. The Kier molecular flexibility index (Phi) is 9.22. The Balaban J connectivity index is 1.26. The summed E-state index contributed by atoms with van der Waals surface area (Å²) in [5, 5.41) is 10.9. The summed E-state index contributed by atoms with van der Waals surface area (Å²) in [5.41, 5.74) is 1.18. The Morgan fingerprint density at radius 2 is 0.846 bits per heavy atom. The van der Waals surface area contributed by atoms with Crippen LogP contribution in [-0.4, -0.2) is 24.1 Å². The molecule has 2 aliphatic carbocycles. The van der Waals surface area contributed by atoms with Crippen molar-refractivity contribution in [3.8, 4) is 0 Å². The van der Waals surface area contributed by atoms with Crippen molar-refractivity contribution in [2.45, 2.75) is 92.3 Å². The van der Waals surface area contributed by atoms with Gasteiger partial charge in [0.1, 0.15) is 12.2 Å². The fourth-order valence-electron chi connectivity index (χ4n) is 9.67. The lowest BCUT2D eigenvalue weighted by Gasteiger charge is -2.36. The zero-order valence-electron chi connectivity index (χ0n) is 31.6. The summed E-state index contributed by atoms with van der Waals surface area (Å²) in [4.78, 5) is 27.7. The summed E-state index contributed by atoms with van der Waals surface area (Å²) in [6.45, 7) is 13.5. The highest BCUT2D eigenvalue weighted by Gasteiger charge is 2.35. The van der Waals surface area contributed by atoms with Crippen molar-refractivity contribution in [1.82, 2.24) is 0 Å². The molecule has 52 heavy (non-hydrogen) atoms. The zero-order chi connectivity index (χ0) is 36.3. The molecule has 0 N–H and O–H groups in total. The van der Waals surface area contributed by atoms with Crippen molar-refractivity contribution in [3.05, 3.63) is 96.1 Å². The number of rotatable bonds is 6. The Hall–Kier alpha value is -4.44. The minimum atomic E-state index is -0.241. The van der Waals surface area contributed by atoms with E-state index in [1.807, 2.05) is 24.3 Å². The lowest BCUT2D eigenvalue weighted by Crippen LogP contribution is -2.35. The van der Waals surface area contributed by atoms with Crippen molar-refractivity contribution in [2.24, 2.45) is 35.5 Å². The Bertz CT molecular complexity index is 2160. The summed E-state index contributed by atoms with van der Waals surface area (Å²) in [6.07, 6.45) is 6.30. The first-order chi connectivity index (χ1) is 25.0. The van der Waals surface area contributed by atoms with Crippen LogP contribution in [0.15, 0.2) is 84.9 Å². The topological polar surface area (TPSA) is 52.6 Å². The van der Waals surface area contributed by atoms with E-state index in [9.17, 15) is 9.59 Å². The van der Waals surface area contributed by atoms with Gasteiger partial charge in [0.15, 0.2) is 0 Å².